The number of carbonyl (C=O) groups is 4. The van der Waals surface area contributed by atoms with Gasteiger partial charge in [0.25, 0.3) is 0 Å². The first-order valence-electron chi connectivity index (χ1n) is 20.7. The van der Waals surface area contributed by atoms with Crippen LogP contribution in [0.25, 0.3) is 0 Å². The van der Waals surface area contributed by atoms with Crippen LogP contribution in [0.2, 0.25) is 0 Å². The summed E-state index contributed by atoms with van der Waals surface area (Å²) in [5, 5.41) is 83.0. The van der Waals surface area contributed by atoms with Crippen LogP contribution in [0.5, 0.6) is 0 Å². The fourth-order valence-electron chi connectivity index (χ4n) is 13.4. The third-order valence-corrected chi connectivity index (χ3v) is 17.2. The lowest BCUT2D eigenvalue weighted by Gasteiger charge is -2.70. The number of aliphatic hydroxyl groups excluding tert-OH is 5. The maximum Gasteiger partial charge on any atom is 0.335 e. The first kappa shape index (κ1) is 43.5. The van der Waals surface area contributed by atoms with E-state index in [1.165, 1.54) is 0 Å². The zero-order chi connectivity index (χ0) is 42.9. The van der Waals surface area contributed by atoms with Gasteiger partial charge in [0, 0.05) is 5.92 Å². The Morgan fingerprint density at radius 3 is 1.88 bits per heavy atom. The van der Waals surface area contributed by atoms with E-state index in [0.29, 0.717) is 25.7 Å². The summed E-state index contributed by atoms with van der Waals surface area (Å²) in [7, 11) is 0. The van der Waals surface area contributed by atoms with Crippen molar-refractivity contribution >= 4 is 23.7 Å². The molecule has 2 aliphatic heterocycles. The standard InChI is InChI=1S/C42H62O16/c1-37(2)21-8-11-42(7)31(20(43)16-18-19-17-39(4,36(53)54)13-12-38(19,3)14-15-41(18,42)6)40(21,5)10-9-22(37)55-35-30(26(47)25(46)29(57-35)33(51)52)58-34-27(48)23(44)24(45)28(56-34)32(49)50/h16,19,21-31,34-35,44-48H,8-15,17H2,1-7H3,(H,49,50)(H,51,52)(H,53,54)/t19-,21-,22-,23-,24-,25-,26-,27+,28-,29-,30+,31+,34-,35-,38+,39-,40-,41?,42+/m0/s1. The van der Waals surface area contributed by atoms with Crippen molar-refractivity contribution in [2.24, 2.45) is 50.2 Å². The maximum absolute atomic E-state index is 14.8. The van der Waals surface area contributed by atoms with Crippen LogP contribution < -0.4 is 0 Å². The number of aliphatic hydroxyl groups is 5. The molecule has 0 aromatic rings. The highest BCUT2D eigenvalue weighted by Crippen LogP contribution is 2.75. The minimum absolute atomic E-state index is 0.0217. The molecule has 326 valence electrons. The molecule has 4 saturated carbocycles. The first-order valence-corrected chi connectivity index (χ1v) is 20.7. The number of allylic oxidation sites excluding steroid dienone is 2. The smallest absolute Gasteiger partial charge is 0.335 e. The van der Waals surface area contributed by atoms with Crippen LogP contribution in [-0.2, 0) is 38.1 Å². The number of carboxylic acid groups (broad SMARTS) is 3. The van der Waals surface area contributed by atoms with Crippen LogP contribution in [0.1, 0.15) is 106 Å². The zero-order valence-corrected chi connectivity index (χ0v) is 34.4. The van der Waals surface area contributed by atoms with Crippen molar-refractivity contribution in [3.05, 3.63) is 11.6 Å². The first-order chi connectivity index (χ1) is 26.8. The van der Waals surface area contributed by atoms with Gasteiger partial charge in [-0.1, -0.05) is 47.1 Å². The number of rotatable bonds is 7. The Labute approximate surface area is 337 Å². The van der Waals surface area contributed by atoms with E-state index in [-0.39, 0.29) is 34.4 Å². The predicted octanol–water partition coefficient (Wildman–Crippen LogP) is 2.25. The van der Waals surface area contributed by atoms with Crippen molar-refractivity contribution in [3.63, 3.8) is 0 Å². The van der Waals surface area contributed by atoms with Crippen molar-refractivity contribution in [2.75, 3.05) is 0 Å². The summed E-state index contributed by atoms with van der Waals surface area (Å²) in [4.78, 5) is 51.3. The number of hydrogen-bond acceptors (Lipinski definition) is 13. The largest absolute Gasteiger partial charge is 0.481 e. The summed E-state index contributed by atoms with van der Waals surface area (Å²) in [6.07, 6.45) is -12.2. The van der Waals surface area contributed by atoms with Gasteiger partial charge in [-0.3, -0.25) is 9.59 Å². The molecule has 7 rings (SSSR count). The van der Waals surface area contributed by atoms with Crippen LogP contribution in [0.4, 0.5) is 0 Å². The van der Waals surface area contributed by atoms with Crippen LogP contribution in [0.3, 0.4) is 0 Å². The second-order valence-electron chi connectivity index (χ2n) is 20.6. The molecule has 8 N–H and O–H groups in total. The number of ketones is 1. The highest BCUT2D eigenvalue weighted by atomic mass is 16.8. The minimum atomic E-state index is -2.05. The van der Waals surface area contributed by atoms with Gasteiger partial charge in [0.05, 0.1) is 11.5 Å². The Bertz CT molecular complexity index is 1730. The number of fused-ring (bicyclic) bond motifs is 7. The van der Waals surface area contributed by atoms with Gasteiger partial charge in [0.15, 0.2) is 30.6 Å². The van der Waals surface area contributed by atoms with Gasteiger partial charge < -0.3 is 59.8 Å². The molecule has 0 aromatic heterocycles. The molecular formula is C42H62O16. The number of carboxylic acids is 3. The second-order valence-corrected chi connectivity index (χ2v) is 20.6. The fourth-order valence-corrected chi connectivity index (χ4v) is 13.4. The minimum Gasteiger partial charge on any atom is -0.481 e. The lowest BCUT2D eigenvalue weighted by Crippen LogP contribution is -2.68. The van der Waals surface area contributed by atoms with Gasteiger partial charge in [0.1, 0.15) is 36.6 Å². The Morgan fingerprint density at radius 1 is 0.690 bits per heavy atom. The van der Waals surface area contributed by atoms with Crippen molar-refractivity contribution in [3.8, 4) is 0 Å². The number of hydrogen-bond donors (Lipinski definition) is 8. The molecule has 16 heteroatoms. The van der Waals surface area contributed by atoms with E-state index >= 15 is 0 Å². The molecule has 0 bridgehead atoms. The van der Waals surface area contributed by atoms with Crippen molar-refractivity contribution in [1.29, 1.82) is 0 Å². The molecule has 0 spiro atoms. The normalized spacial score (nSPS) is 52.6. The van der Waals surface area contributed by atoms with Gasteiger partial charge in [-0.2, -0.15) is 0 Å². The Balaban J connectivity index is 1.17. The van der Waals surface area contributed by atoms with Crippen molar-refractivity contribution in [1.82, 2.24) is 0 Å². The molecule has 2 saturated heterocycles. The van der Waals surface area contributed by atoms with E-state index in [1.807, 2.05) is 26.8 Å². The summed E-state index contributed by atoms with van der Waals surface area (Å²) >= 11 is 0. The van der Waals surface area contributed by atoms with Gasteiger partial charge >= 0.3 is 17.9 Å². The summed E-state index contributed by atoms with van der Waals surface area (Å²) in [5.41, 5.74) is -1.81. The van der Waals surface area contributed by atoms with Gasteiger partial charge in [0.2, 0.25) is 0 Å². The molecule has 16 nitrogen and oxygen atoms in total. The van der Waals surface area contributed by atoms with Gasteiger partial charge in [-0.25, -0.2) is 9.59 Å². The zero-order valence-electron chi connectivity index (χ0n) is 34.4. The van der Waals surface area contributed by atoms with Crippen molar-refractivity contribution in [2.45, 2.75) is 174 Å². The highest BCUT2D eigenvalue weighted by Gasteiger charge is 2.71. The quantitative estimate of drug-likeness (QED) is 0.171. The lowest BCUT2D eigenvalue weighted by molar-refractivity contribution is -0.371. The Morgan fingerprint density at radius 2 is 1.28 bits per heavy atom. The number of carbonyl (C=O) groups excluding carboxylic acids is 1. The number of aliphatic carboxylic acids is 3. The molecule has 19 atom stereocenters. The molecule has 7 aliphatic rings. The highest BCUT2D eigenvalue weighted by molar-refractivity contribution is 5.95. The van der Waals surface area contributed by atoms with Crippen LogP contribution in [-0.4, -0.2) is 132 Å². The van der Waals surface area contributed by atoms with Gasteiger partial charge in [-0.05, 0) is 110 Å². The summed E-state index contributed by atoms with van der Waals surface area (Å²) < 4.78 is 23.4. The molecule has 0 aromatic carbocycles. The predicted molar refractivity (Wildman–Crippen MR) is 199 cm³/mol. The molecule has 0 radical (unpaired) electrons. The monoisotopic (exact) mass is 822 g/mol. The molecule has 58 heavy (non-hydrogen) atoms. The Hall–Kier alpha value is -2.54. The van der Waals surface area contributed by atoms with Gasteiger partial charge in [-0.15, -0.1) is 0 Å². The van der Waals surface area contributed by atoms with Crippen molar-refractivity contribution < 1.29 is 79.0 Å². The third-order valence-electron chi connectivity index (χ3n) is 17.2. The van der Waals surface area contributed by atoms with E-state index in [0.717, 1.165) is 37.7 Å². The SMILES string of the molecule is CC1(C)[C@@H](O[C@H]2O[C@H](C(=O)O)[C@@H](O)[C@H](O)[C@H]2O[C@@H]2O[C@H](C(=O)O)[C@@H](O)[C@H](O)[C@H]2O)CC[C@]2(C)[C@H]3C(=O)C=C4[C@@H]5C[C@@](C)(C(=O)O)CC[C@]5(C)CCC4(C)[C@]3(C)CC[C@@H]12. The average Bonchev–Trinajstić information content (AvgIpc) is 3.13. The molecule has 5 aliphatic carbocycles. The van der Waals surface area contributed by atoms with Crippen LogP contribution in [0.15, 0.2) is 11.6 Å². The molecule has 2 heterocycles. The summed E-state index contributed by atoms with van der Waals surface area (Å²) in [6, 6.07) is 0. The Kier molecular flexibility index (Phi) is 10.7. The average molecular weight is 823 g/mol. The lowest BCUT2D eigenvalue weighted by atomic mass is 9.33. The molecule has 0 amide bonds. The third kappa shape index (κ3) is 6.25. The second kappa shape index (κ2) is 14.3. The summed E-state index contributed by atoms with van der Waals surface area (Å²) in [6.45, 7) is 14.8. The van der Waals surface area contributed by atoms with E-state index in [4.69, 9.17) is 18.9 Å². The van der Waals surface area contributed by atoms with Crippen LogP contribution >= 0.6 is 0 Å². The maximum atomic E-state index is 14.8. The van der Waals surface area contributed by atoms with E-state index < -0.39 is 107 Å². The molecule has 1 unspecified atom stereocenters. The van der Waals surface area contributed by atoms with Crippen LogP contribution in [0, 0.1) is 50.2 Å². The fraction of sp³-hybridized carbons (Fsp3) is 0.857. The van der Waals surface area contributed by atoms with E-state index in [9.17, 15) is 60.0 Å². The summed E-state index contributed by atoms with van der Waals surface area (Å²) in [5.74, 6) is -4.47. The van der Waals surface area contributed by atoms with E-state index in [1.54, 1.807) is 0 Å². The number of ether oxygens (including phenoxy) is 4. The molecule has 6 fully saturated rings. The topological polar surface area (TPSA) is 267 Å². The van der Waals surface area contributed by atoms with E-state index in [2.05, 4.69) is 27.7 Å². The molecular weight excluding hydrogens is 760 g/mol.